The second kappa shape index (κ2) is 10.7. The van der Waals surface area contributed by atoms with E-state index in [0.29, 0.717) is 17.0 Å². The van der Waals surface area contributed by atoms with E-state index in [-0.39, 0.29) is 12.4 Å². The Bertz CT molecular complexity index is 1080. The number of carbonyl (C=O) groups is 2. The minimum absolute atomic E-state index is 0.248. The van der Waals surface area contributed by atoms with Crippen molar-refractivity contribution in [2.45, 2.75) is 20.0 Å². The summed E-state index contributed by atoms with van der Waals surface area (Å²) < 4.78 is 18.8. The number of ether oxygens (including phenoxy) is 1. The van der Waals surface area contributed by atoms with Gasteiger partial charge in [-0.3, -0.25) is 9.59 Å². The highest BCUT2D eigenvalue weighted by Gasteiger charge is 2.14. The van der Waals surface area contributed by atoms with Crippen molar-refractivity contribution in [2.24, 2.45) is 5.10 Å². The molecule has 2 amide bonds. The van der Waals surface area contributed by atoms with E-state index in [2.05, 4.69) is 15.8 Å². The molecule has 0 saturated carbocycles. The van der Waals surface area contributed by atoms with Gasteiger partial charge >= 0.3 is 11.8 Å². The SMILES string of the molecule is CCc1ccccc1NC(=O)C(=O)NN=Cc1ccc(OCc2cccc(F)c2)cc1. The smallest absolute Gasteiger partial charge is 0.329 e. The molecule has 0 unspecified atom stereocenters. The molecule has 0 bridgehead atoms. The number of halogens is 1. The van der Waals surface area contributed by atoms with Gasteiger partial charge in [-0.25, -0.2) is 9.82 Å². The van der Waals surface area contributed by atoms with Gasteiger partial charge in [-0.05, 0) is 65.6 Å². The number of nitrogens with one attached hydrogen (secondary N) is 2. The standard InChI is InChI=1S/C24H22FN3O3/c1-2-19-7-3-4-9-22(19)27-23(29)24(30)28-26-15-17-10-12-21(13-11-17)31-16-18-6-5-8-20(25)14-18/h3-15H,2,16H2,1H3,(H,27,29)(H,28,30). The van der Waals surface area contributed by atoms with Crippen LogP contribution in [0, 0.1) is 5.82 Å². The minimum Gasteiger partial charge on any atom is -0.489 e. The van der Waals surface area contributed by atoms with Gasteiger partial charge in [0.15, 0.2) is 0 Å². The molecule has 3 aromatic carbocycles. The van der Waals surface area contributed by atoms with Gasteiger partial charge in [0.25, 0.3) is 0 Å². The number of hydrogen-bond acceptors (Lipinski definition) is 4. The highest BCUT2D eigenvalue weighted by atomic mass is 19.1. The van der Waals surface area contributed by atoms with Crippen molar-refractivity contribution in [3.05, 3.63) is 95.3 Å². The lowest BCUT2D eigenvalue weighted by Crippen LogP contribution is -2.32. The number of hydrazone groups is 1. The first-order valence-electron chi connectivity index (χ1n) is 9.74. The normalized spacial score (nSPS) is 10.6. The molecule has 0 aliphatic carbocycles. The van der Waals surface area contributed by atoms with Crippen LogP contribution in [-0.4, -0.2) is 18.0 Å². The summed E-state index contributed by atoms with van der Waals surface area (Å²) in [6.45, 7) is 2.21. The van der Waals surface area contributed by atoms with Crippen LogP contribution in [0.4, 0.5) is 10.1 Å². The van der Waals surface area contributed by atoms with Crippen LogP contribution in [0.2, 0.25) is 0 Å². The molecular formula is C24H22FN3O3. The average Bonchev–Trinajstić information content (AvgIpc) is 2.79. The molecule has 3 aromatic rings. The number of para-hydroxylation sites is 1. The third-order valence-corrected chi connectivity index (χ3v) is 4.41. The topological polar surface area (TPSA) is 79.8 Å². The molecule has 0 aliphatic rings. The van der Waals surface area contributed by atoms with Crippen LogP contribution >= 0.6 is 0 Å². The fourth-order valence-electron chi connectivity index (χ4n) is 2.79. The molecule has 7 heteroatoms. The average molecular weight is 419 g/mol. The molecule has 6 nitrogen and oxygen atoms in total. The van der Waals surface area contributed by atoms with Crippen LogP contribution in [0.15, 0.2) is 77.9 Å². The number of hydrogen-bond donors (Lipinski definition) is 2. The summed E-state index contributed by atoms with van der Waals surface area (Å²) in [6, 6.07) is 20.4. The Morgan fingerprint density at radius 1 is 1.00 bits per heavy atom. The Balaban J connectivity index is 1.48. The van der Waals surface area contributed by atoms with Gasteiger partial charge in [0.2, 0.25) is 0 Å². The van der Waals surface area contributed by atoms with Crippen LogP contribution in [0.5, 0.6) is 5.75 Å². The van der Waals surface area contributed by atoms with Crippen LogP contribution in [-0.2, 0) is 22.6 Å². The van der Waals surface area contributed by atoms with E-state index in [0.717, 1.165) is 17.5 Å². The zero-order chi connectivity index (χ0) is 22.1. The lowest BCUT2D eigenvalue weighted by molar-refractivity contribution is -0.136. The Hall–Kier alpha value is -4.00. The first kappa shape index (κ1) is 21.7. The molecule has 0 saturated heterocycles. The first-order chi connectivity index (χ1) is 15.0. The number of anilines is 1. The van der Waals surface area contributed by atoms with Crippen molar-refractivity contribution in [3.63, 3.8) is 0 Å². The molecule has 0 atom stereocenters. The highest BCUT2D eigenvalue weighted by molar-refractivity contribution is 6.39. The summed E-state index contributed by atoms with van der Waals surface area (Å²) in [4.78, 5) is 24.0. The maximum atomic E-state index is 13.2. The van der Waals surface area contributed by atoms with E-state index in [9.17, 15) is 14.0 Å². The summed E-state index contributed by atoms with van der Waals surface area (Å²) >= 11 is 0. The maximum Gasteiger partial charge on any atom is 0.329 e. The van der Waals surface area contributed by atoms with Crippen LogP contribution in [0.3, 0.4) is 0 Å². The molecule has 158 valence electrons. The van der Waals surface area contributed by atoms with Crippen molar-refractivity contribution in [1.82, 2.24) is 5.43 Å². The predicted octanol–water partition coefficient (Wildman–Crippen LogP) is 4.06. The molecule has 0 aliphatic heterocycles. The number of carbonyl (C=O) groups excluding carboxylic acids is 2. The van der Waals surface area contributed by atoms with Gasteiger partial charge in [-0.15, -0.1) is 0 Å². The number of benzene rings is 3. The molecular weight excluding hydrogens is 397 g/mol. The largest absolute Gasteiger partial charge is 0.489 e. The van der Waals surface area contributed by atoms with Crippen molar-refractivity contribution in [2.75, 3.05) is 5.32 Å². The lowest BCUT2D eigenvalue weighted by atomic mass is 10.1. The summed E-state index contributed by atoms with van der Waals surface area (Å²) in [7, 11) is 0. The molecule has 3 rings (SSSR count). The number of rotatable bonds is 7. The van der Waals surface area contributed by atoms with Gasteiger partial charge in [-0.2, -0.15) is 5.10 Å². The van der Waals surface area contributed by atoms with Crippen LogP contribution in [0.25, 0.3) is 0 Å². The molecule has 2 N–H and O–H groups in total. The molecule has 0 aromatic heterocycles. The second-order valence-electron chi connectivity index (χ2n) is 6.65. The fraction of sp³-hybridized carbons (Fsp3) is 0.125. The van der Waals surface area contributed by atoms with E-state index < -0.39 is 11.8 Å². The lowest BCUT2D eigenvalue weighted by Gasteiger charge is -2.08. The maximum absolute atomic E-state index is 13.2. The first-order valence-corrected chi connectivity index (χ1v) is 9.74. The van der Waals surface area contributed by atoms with E-state index in [1.54, 1.807) is 48.5 Å². The van der Waals surface area contributed by atoms with Crippen LogP contribution in [0.1, 0.15) is 23.6 Å². The Kier molecular flexibility index (Phi) is 7.48. The third kappa shape index (κ3) is 6.50. The van der Waals surface area contributed by atoms with Gasteiger partial charge in [0.1, 0.15) is 18.2 Å². The van der Waals surface area contributed by atoms with Gasteiger partial charge in [-0.1, -0.05) is 37.3 Å². The number of nitrogens with zero attached hydrogens (tertiary/aromatic N) is 1. The highest BCUT2D eigenvalue weighted by Crippen LogP contribution is 2.15. The van der Waals surface area contributed by atoms with Gasteiger partial charge in [0, 0.05) is 5.69 Å². The van der Waals surface area contributed by atoms with Gasteiger partial charge < -0.3 is 10.1 Å². The van der Waals surface area contributed by atoms with Crippen molar-refractivity contribution >= 4 is 23.7 Å². The van der Waals surface area contributed by atoms with E-state index in [1.165, 1.54) is 18.3 Å². The Labute approximate surface area is 179 Å². The fourth-order valence-corrected chi connectivity index (χ4v) is 2.79. The van der Waals surface area contributed by atoms with Crippen molar-refractivity contribution < 1.29 is 18.7 Å². The molecule has 0 spiro atoms. The van der Waals surface area contributed by atoms with Crippen LogP contribution < -0.4 is 15.5 Å². The molecule has 0 fully saturated rings. The van der Waals surface area contributed by atoms with Crippen molar-refractivity contribution in [3.8, 4) is 5.75 Å². The summed E-state index contributed by atoms with van der Waals surface area (Å²) in [5, 5.41) is 6.40. The molecule has 31 heavy (non-hydrogen) atoms. The Morgan fingerprint density at radius 3 is 2.52 bits per heavy atom. The van der Waals surface area contributed by atoms with Gasteiger partial charge in [0.05, 0.1) is 6.21 Å². The third-order valence-electron chi connectivity index (χ3n) is 4.41. The Morgan fingerprint density at radius 2 is 1.77 bits per heavy atom. The predicted molar refractivity (Wildman–Crippen MR) is 117 cm³/mol. The number of amides is 2. The minimum atomic E-state index is -0.864. The monoisotopic (exact) mass is 419 g/mol. The van der Waals surface area contributed by atoms with E-state index >= 15 is 0 Å². The van der Waals surface area contributed by atoms with E-state index in [1.807, 2.05) is 19.1 Å². The zero-order valence-corrected chi connectivity index (χ0v) is 17.0. The summed E-state index contributed by atoms with van der Waals surface area (Å²) in [5.41, 5.74) is 5.18. The zero-order valence-electron chi connectivity index (χ0n) is 17.0. The van der Waals surface area contributed by atoms with E-state index in [4.69, 9.17) is 4.74 Å². The summed E-state index contributed by atoms with van der Waals surface area (Å²) in [5.74, 6) is -1.35. The quantitative estimate of drug-likeness (QED) is 0.344. The molecule has 0 heterocycles. The van der Waals surface area contributed by atoms with Crippen molar-refractivity contribution in [1.29, 1.82) is 0 Å². The number of aryl methyl sites for hydroxylation is 1. The second-order valence-corrected chi connectivity index (χ2v) is 6.65. The molecule has 0 radical (unpaired) electrons. The summed E-state index contributed by atoms with van der Waals surface area (Å²) in [6.07, 6.45) is 2.15.